The molecule has 1 aliphatic rings. The molecule has 2 rings (SSSR count). The minimum Gasteiger partial charge on any atom is -0.330 e. The Bertz CT molecular complexity index is 379. The van der Waals surface area contributed by atoms with Gasteiger partial charge in [0, 0.05) is 39.3 Å². The van der Waals surface area contributed by atoms with E-state index in [9.17, 15) is 0 Å². The fourth-order valence-corrected chi connectivity index (χ4v) is 2.72. The number of aromatic nitrogens is 2. The Morgan fingerprint density at radius 3 is 2.53 bits per heavy atom. The van der Waals surface area contributed by atoms with Gasteiger partial charge in [-0.05, 0) is 39.4 Å². The van der Waals surface area contributed by atoms with Gasteiger partial charge in [-0.25, -0.2) is 0 Å². The van der Waals surface area contributed by atoms with Crippen molar-refractivity contribution in [2.45, 2.75) is 33.4 Å². The van der Waals surface area contributed by atoms with Gasteiger partial charge in [-0.2, -0.15) is 5.10 Å². The Labute approximate surface area is 116 Å². The minimum atomic E-state index is 0.801. The summed E-state index contributed by atoms with van der Waals surface area (Å²) in [5.74, 6) is 0. The Kier molecular flexibility index (Phi) is 5.36. The lowest BCUT2D eigenvalue weighted by molar-refractivity contribution is 0.124. The fraction of sp³-hybridized carbons (Fsp3) is 0.786. The Morgan fingerprint density at radius 1 is 1.21 bits per heavy atom. The first-order valence-corrected chi connectivity index (χ1v) is 7.41. The average molecular weight is 265 g/mol. The van der Waals surface area contributed by atoms with Crippen molar-refractivity contribution < 1.29 is 0 Å². The highest BCUT2D eigenvalue weighted by atomic mass is 15.3. The van der Waals surface area contributed by atoms with Gasteiger partial charge < -0.3 is 10.6 Å². The van der Waals surface area contributed by atoms with Gasteiger partial charge in [0.15, 0.2) is 0 Å². The Balaban J connectivity index is 1.81. The smallest absolute Gasteiger partial charge is 0.0597 e. The van der Waals surface area contributed by atoms with E-state index in [4.69, 9.17) is 5.73 Å². The van der Waals surface area contributed by atoms with E-state index in [2.05, 4.69) is 39.5 Å². The maximum absolute atomic E-state index is 5.56. The van der Waals surface area contributed by atoms with Gasteiger partial charge in [0.2, 0.25) is 0 Å². The first kappa shape index (κ1) is 14.5. The minimum absolute atomic E-state index is 0.801. The van der Waals surface area contributed by atoms with Crippen LogP contribution in [0.5, 0.6) is 0 Å². The predicted octanol–water partition coefficient (Wildman–Crippen LogP) is 0.678. The third kappa shape index (κ3) is 4.03. The van der Waals surface area contributed by atoms with E-state index < -0.39 is 0 Å². The molecule has 0 radical (unpaired) electrons. The number of piperazine rings is 1. The van der Waals surface area contributed by atoms with Crippen molar-refractivity contribution in [2.24, 2.45) is 5.73 Å². The molecule has 0 spiro atoms. The van der Waals surface area contributed by atoms with E-state index in [1.54, 1.807) is 0 Å². The number of nitrogens with two attached hydrogens (primary N) is 1. The maximum Gasteiger partial charge on any atom is 0.0597 e. The summed E-state index contributed by atoms with van der Waals surface area (Å²) in [7, 11) is 0. The van der Waals surface area contributed by atoms with Crippen molar-refractivity contribution in [3.63, 3.8) is 0 Å². The summed E-state index contributed by atoms with van der Waals surface area (Å²) in [4.78, 5) is 5.05. The van der Waals surface area contributed by atoms with Crippen LogP contribution in [0.4, 0.5) is 0 Å². The van der Waals surface area contributed by atoms with Crippen LogP contribution in [0.15, 0.2) is 6.07 Å². The first-order valence-electron chi connectivity index (χ1n) is 7.41. The van der Waals surface area contributed by atoms with Crippen LogP contribution in [-0.2, 0) is 13.1 Å². The second-order valence-electron chi connectivity index (χ2n) is 5.35. The molecule has 108 valence electrons. The fourth-order valence-electron chi connectivity index (χ4n) is 2.72. The molecule has 0 saturated carbocycles. The number of hydrogen-bond donors (Lipinski definition) is 1. The second kappa shape index (κ2) is 7.03. The van der Waals surface area contributed by atoms with Gasteiger partial charge >= 0.3 is 0 Å². The molecule has 2 N–H and O–H groups in total. The SMILES string of the molecule is CCn1nc(C)cc1CN1CCN(CCCN)CC1. The molecule has 0 atom stereocenters. The predicted molar refractivity (Wildman–Crippen MR) is 78.0 cm³/mol. The van der Waals surface area contributed by atoms with Crippen LogP contribution in [0, 0.1) is 6.92 Å². The molecule has 1 saturated heterocycles. The molecular formula is C14H27N5. The van der Waals surface area contributed by atoms with E-state index in [0.29, 0.717) is 0 Å². The van der Waals surface area contributed by atoms with Crippen molar-refractivity contribution >= 4 is 0 Å². The Morgan fingerprint density at radius 2 is 1.89 bits per heavy atom. The molecule has 0 amide bonds. The lowest BCUT2D eigenvalue weighted by Gasteiger charge is -2.34. The summed E-state index contributed by atoms with van der Waals surface area (Å²) in [5.41, 5.74) is 8.03. The molecule has 1 fully saturated rings. The highest BCUT2D eigenvalue weighted by Crippen LogP contribution is 2.10. The summed E-state index contributed by atoms with van der Waals surface area (Å²) < 4.78 is 2.12. The highest BCUT2D eigenvalue weighted by Gasteiger charge is 2.17. The van der Waals surface area contributed by atoms with Gasteiger partial charge in [-0.3, -0.25) is 9.58 Å². The molecule has 1 aliphatic heterocycles. The van der Waals surface area contributed by atoms with E-state index in [1.165, 1.54) is 18.8 Å². The normalized spacial score (nSPS) is 18.1. The standard InChI is InChI=1S/C14H27N5/c1-3-19-14(11-13(2)16-19)12-18-9-7-17(8-10-18)6-4-5-15/h11H,3-10,12,15H2,1-2H3. The van der Waals surface area contributed by atoms with Gasteiger partial charge in [0.1, 0.15) is 0 Å². The second-order valence-corrected chi connectivity index (χ2v) is 5.35. The summed E-state index contributed by atoms with van der Waals surface area (Å²) >= 11 is 0. The molecule has 1 aromatic heterocycles. The molecule has 0 aromatic carbocycles. The van der Waals surface area contributed by atoms with Crippen molar-refractivity contribution in [3.05, 3.63) is 17.5 Å². The van der Waals surface area contributed by atoms with Gasteiger partial charge in [-0.15, -0.1) is 0 Å². The number of rotatable bonds is 6. The van der Waals surface area contributed by atoms with Crippen LogP contribution in [0.2, 0.25) is 0 Å². The van der Waals surface area contributed by atoms with Gasteiger partial charge in [0.05, 0.1) is 11.4 Å². The van der Waals surface area contributed by atoms with Crippen LogP contribution >= 0.6 is 0 Å². The van der Waals surface area contributed by atoms with Gasteiger partial charge in [0.25, 0.3) is 0 Å². The largest absolute Gasteiger partial charge is 0.330 e. The summed E-state index contributed by atoms with van der Waals surface area (Å²) in [6.45, 7) is 12.8. The molecule has 0 unspecified atom stereocenters. The summed E-state index contributed by atoms with van der Waals surface area (Å²) in [5, 5.41) is 4.52. The lowest BCUT2D eigenvalue weighted by atomic mass is 10.2. The highest BCUT2D eigenvalue weighted by molar-refractivity contribution is 5.09. The molecule has 5 nitrogen and oxygen atoms in total. The maximum atomic E-state index is 5.56. The number of nitrogens with zero attached hydrogens (tertiary/aromatic N) is 4. The number of hydrogen-bond acceptors (Lipinski definition) is 4. The van der Waals surface area contributed by atoms with Crippen LogP contribution in [0.25, 0.3) is 0 Å². The van der Waals surface area contributed by atoms with Crippen molar-refractivity contribution in [3.8, 4) is 0 Å². The van der Waals surface area contributed by atoms with Crippen molar-refractivity contribution in [2.75, 3.05) is 39.3 Å². The van der Waals surface area contributed by atoms with Crippen LogP contribution < -0.4 is 5.73 Å². The molecule has 1 aromatic rings. The zero-order valence-corrected chi connectivity index (χ0v) is 12.3. The van der Waals surface area contributed by atoms with E-state index in [-0.39, 0.29) is 0 Å². The van der Waals surface area contributed by atoms with E-state index >= 15 is 0 Å². The average Bonchev–Trinajstić information content (AvgIpc) is 2.78. The molecule has 19 heavy (non-hydrogen) atoms. The molecule has 0 bridgehead atoms. The van der Waals surface area contributed by atoms with Crippen molar-refractivity contribution in [1.29, 1.82) is 0 Å². The first-order chi connectivity index (χ1) is 9.22. The zero-order valence-electron chi connectivity index (χ0n) is 12.3. The third-order valence-corrected chi connectivity index (χ3v) is 3.81. The zero-order chi connectivity index (χ0) is 13.7. The van der Waals surface area contributed by atoms with Crippen LogP contribution in [-0.4, -0.2) is 58.8 Å². The monoisotopic (exact) mass is 265 g/mol. The van der Waals surface area contributed by atoms with Crippen LogP contribution in [0.1, 0.15) is 24.7 Å². The van der Waals surface area contributed by atoms with Crippen LogP contribution in [0.3, 0.4) is 0 Å². The van der Waals surface area contributed by atoms with E-state index in [0.717, 1.165) is 51.4 Å². The van der Waals surface area contributed by atoms with Gasteiger partial charge in [-0.1, -0.05) is 0 Å². The summed E-state index contributed by atoms with van der Waals surface area (Å²) in [6.07, 6.45) is 1.11. The summed E-state index contributed by atoms with van der Waals surface area (Å²) in [6, 6.07) is 2.21. The quantitative estimate of drug-likeness (QED) is 0.822. The molecular weight excluding hydrogens is 238 g/mol. The topological polar surface area (TPSA) is 50.3 Å². The lowest BCUT2D eigenvalue weighted by Crippen LogP contribution is -2.46. The molecule has 5 heteroatoms. The van der Waals surface area contributed by atoms with Crippen molar-refractivity contribution in [1.82, 2.24) is 19.6 Å². The molecule has 0 aliphatic carbocycles. The number of aryl methyl sites for hydroxylation is 2. The Hall–Kier alpha value is -0.910. The van der Waals surface area contributed by atoms with E-state index in [1.807, 2.05) is 0 Å². The third-order valence-electron chi connectivity index (χ3n) is 3.81. The molecule has 2 heterocycles.